The van der Waals surface area contributed by atoms with Crippen molar-refractivity contribution >= 4 is 39.8 Å². The lowest BCUT2D eigenvalue weighted by Gasteiger charge is -2.34. The second-order valence-corrected chi connectivity index (χ2v) is 9.69. The third-order valence-electron chi connectivity index (χ3n) is 7.22. The first-order valence-corrected chi connectivity index (χ1v) is 13.0. The summed E-state index contributed by atoms with van der Waals surface area (Å²) in [4.78, 5) is 13.0. The van der Waals surface area contributed by atoms with Crippen LogP contribution in [0, 0.1) is 0 Å². The molecule has 1 aliphatic rings. The molecule has 1 fully saturated rings. The van der Waals surface area contributed by atoms with Crippen molar-refractivity contribution in [2.75, 3.05) is 44.7 Å². The van der Waals surface area contributed by atoms with E-state index in [2.05, 4.69) is 99.6 Å². The van der Waals surface area contributed by atoms with E-state index in [-0.39, 0.29) is 0 Å². The Labute approximate surface area is 218 Å². The average molecular weight is 489 g/mol. The minimum atomic E-state index is 0.661. The number of pyridine rings is 1. The Morgan fingerprint density at radius 1 is 0.892 bits per heavy atom. The average Bonchev–Trinajstić information content (AvgIpc) is 3.31. The van der Waals surface area contributed by atoms with Gasteiger partial charge in [-0.25, -0.2) is 4.98 Å². The Bertz CT molecular complexity index is 1560. The molecular formula is C32H32N4O. The van der Waals surface area contributed by atoms with E-state index in [1.807, 2.05) is 25.3 Å². The van der Waals surface area contributed by atoms with Gasteiger partial charge >= 0.3 is 0 Å². The van der Waals surface area contributed by atoms with Gasteiger partial charge in [0.25, 0.3) is 0 Å². The van der Waals surface area contributed by atoms with Crippen LogP contribution in [0.4, 0.5) is 5.69 Å². The predicted octanol–water partition coefficient (Wildman–Crippen LogP) is 6.70. The zero-order valence-corrected chi connectivity index (χ0v) is 21.4. The molecule has 0 radical (unpaired) electrons. The summed E-state index contributed by atoms with van der Waals surface area (Å²) in [5.74, 6) is 0.889. The van der Waals surface area contributed by atoms with E-state index in [1.165, 1.54) is 22.2 Å². The van der Waals surface area contributed by atoms with E-state index in [0.717, 1.165) is 59.6 Å². The Morgan fingerprint density at radius 2 is 1.70 bits per heavy atom. The van der Waals surface area contributed by atoms with Gasteiger partial charge in [-0.15, -0.1) is 0 Å². The highest BCUT2D eigenvalue weighted by Crippen LogP contribution is 2.33. The van der Waals surface area contributed by atoms with Gasteiger partial charge in [0.1, 0.15) is 11.4 Å². The quantitative estimate of drug-likeness (QED) is 0.289. The maximum absolute atomic E-state index is 5.66. The molecule has 37 heavy (non-hydrogen) atoms. The van der Waals surface area contributed by atoms with Gasteiger partial charge in [0.05, 0.1) is 6.61 Å². The molecule has 5 heteroatoms. The summed E-state index contributed by atoms with van der Waals surface area (Å²) in [6.45, 7) is 7.05. The van der Waals surface area contributed by atoms with Crippen molar-refractivity contribution in [2.45, 2.75) is 6.92 Å². The first-order chi connectivity index (χ1) is 18.2. The molecule has 0 unspecified atom stereocenters. The molecule has 0 spiro atoms. The number of aromatic nitrogens is 2. The van der Waals surface area contributed by atoms with Crippen molar-refractivity contribution in [1.82, 2.24) is 14.9 Å². The Hall–Kier alpha value is -4.09. The van der Waals surface area contributed by atoms with Gasteiger partial charge in [0.15, 0.2) is 0 Å². The largest absolute Gasteiger partial charge is 0.494 e. The summed E-state index contributed by atoms with van der Waals surface area (Å²) >= 11 is 0. The third kappa shape index (κ3) is 4.83. The predicted molar refractivity (Wildman–Crippen MR) is 155 cm³/mol. The summed E-state index contributed by atoms with van der Waals surface area (Å²) in [6.07, 6.45) is 6.17. The van der Waals surface area contributed by atoms with Crippen LogP contribution >= 0.6 is 0 Å². The molecular weight excluding hydrogens is 456 g/mol. The fourth-order valence-corrected chi connectivity index (χ4v) is 5.15. The number of rotatable bonds is 6. The van der Waals surface area contributed by atoms with Crippen LogP contribution in [-0.4, -0.2) is 54.7 Å². The molecule has 3 heterocycles. The van der Waals surface area contributed by atoms with Gasteiger partial charge in [-0.05, 0) is 78.7 Å². The maximum Gasteiger partial charge on any atom is 0.138 e. The monoisotopic (exact) mass is 488 g/mol. The fraction of sp³-hybridized carbons (Fsp3) is 0.219. The maximum atomic E-state index is 5.66. The highest BCUT2D eigenvalue weighted by molar-refractivity contribution is 6.11. The molecule has 5 nitrogen and oxygen atoms in total. The lowest BCUT2D eigenvalue weighted by Crippen LogP contribution is -2.44. The van der Waals surface area contributed by atoms with Gasteiger partial charge in [-0.2, -0.15) is 0 Å². The summed E-state index contributed by atoms with van der Waals surface area (Å²) < 4.78 is 5.66. The molecule has 0 atom stereocenters. The van der Waals surface area contributed by atoms with Crippen LogP contribution in [0.25, 0.3) is 45.2 Å². The molecule has 5 aromatic rings. The molecule has 1 N–H and O–H groups in total. The van der Waals surface area contributed by atoms with Crippen LogP contribution in [-0.2, 0) is 0 Å². The van der Waals surface area contributed by atoms with Gasteiger partial charge in [0, 0.05) is 54.4 Å². The first kappa shape index (κ1) is 23.3. The van der Waals surface area contributed by atoms with Gasteiger partial charge in [0.2, 0.25) is 0 Å². The van der Waals surface area contributed by atoms with Crippen molar-refractivity contribution in [1.29, 1.82) is 0 Å². The van der Waals surface area contributed by atoms with E-state index in [4.69, 9.17) is 4.74 Å². The Balaban J connectivity index is 1.33. The first-order valence-electron chi connectivity index (χ1n) is 13.0. The smallest absolute Gasteiger partial charge is 0.138 e. The number of likely N-dealkylation sites (N-methyl/N-ethyl adjacent to an activating group) is 1. The molecule has 1 aliphatic heterocycles. The SMILES string of the molecule is CCOc1cccc(/C=C/c2ccnc3[nH]c4ccc(-c5ccc(N6CCN(C)CC6)cc5)cc4c23)c1. The topological polar surface area (TPSA) is 44.4 Å². The van der Waals surface area contributed by atoms with E-state index >= 15 is 0 Å². The third-order valence-corrected chi connectivity index (χ3v) is 7.22. The summed E-state index contributed by atoms with van der Waals surface area (Å²) in [7, 11) is 2.19. The van der Waals surface area contributed by atoms with Crippen LogP contribution in [0.1, 0.15) is 18.1 Å². The van der Waals surface area contributed by atoms with Crippen molar-refractivity contribution in [3.63, 3.8) is 0 Å². The molecule has 0 saturated carbocycles. The normalized spacial score (nSPS) is 14.7. The molecule has 3 aromatic carbocycles. The molecule has 186 valence electrons. The summed E-state index contributed by atoms with van der Waals surface area (Å²) in [5.41, 5.74) is 7.99. The van der Waals surface area contributed by atoms with Crippen LogP contribution in [0.15, 0.2) is 79.0 Å². The molecule has 0 bridgehead atoms. The van der Waals surface area contributed by atoms with Crippen molar-refractivity contribution in [3.05, 3.63) is 90.1 Å². The highest BCUT2D eigenvalue weighted by Gasteiger charge is 2.15. The minimum absolute atomic E-state index is 0.661. The zero-order chi connectivity index (χ0) is 25.2. The summed E-state index contributed by atoms with van der Waals surface area (Å²) in [6, 6.07) is 25.9. The minimum Gasteiger partial charge on any atom is -0.494 e. The second kappa shape index (κ2) is 10.1. The number of piperazine rings is 1. The van der Waals surface area contributed by atoms with E-state index in [1.54, 1.807) is 0 Å². The van der Waals surface area contributed by atoms with Gasteiger partial charge in [-0.1, -0.05) is 42.5 Å². The van der Waals surface area contributed by atoms with Crippen LogP contribution in [0.3, 0.4) is 0 Å². The van der Waals surface area contributed by atoms with Gasteiger partial charge < -0.3 is 19.5 Å². The van der Waals surface area contributed by atoms with Crippen molar-refractivity contribution < 1.29 is 4.74 Å². The van der Waals surface area contributed by atoms with Gasteiger partial charge in [-0.3, -0.25) is 0 Å². The zero-order valence-electron chi connectivity index (χ0n) is 21.4. The molecule has 1 saturated heterocycles. The van der Waals surface area contributed by atoms with Crippen molar-refractivity contribution in [2.24, 2.45) is 0 Å². The Morgan fingerprint density at radius 3 is 2.51 bits per heavy atom. The van der Waals surface area contributed by atoms with Crippen LogP contribution in [0.2, 0.25) is 0 Å². The van der Waals surface area contributed by atoms with E-state index < -0.39 is 0 Å². The Kier molecular flexibility index (Phi) is 6.37. The van der Waals surface area contributed by atoms with E-state index in [0.29, 0.717) is 6.61 Å². The molecule has 2 aromatic heterocycles. The highest BCUT2D eigenvalue weighted by atomic mass is 16.5. The number of benzene rings is 3. The number of hydrogen-bond donors (Lipinski definition) is 1. The lowest BCUT2D eigenvalue weighted by atomic mass is 10.0. The number of ether oxygens (including phenoxy) is 1. The fourth-order valence-electron chi connectivity index (χ4n) is 5.15. The summed E-state index contributed by atoms with van der Waals surface area (Å²) in [5, 5.41) is 2.33. The van der Waals surface area contributed by atoms with Crippen LogP contribution in [0.5, 0.6) is 5.75 Å². The number of nitrogens with zero attached hydrogens (tertiary/aromatic N) is 3. The van der Waals surface area contributed by atoms with E-state index in [9.17, 15) is 0 Å². The molecule has 6 rings (SSSR count). The number of nitrogens with one attached hydrogen (secondary N) is 1. The molecule has 0 amide bonds. The standard InChI is InChI=1S/C32H32N4O/c1-3-37-28-6-4-5-23(21-28)7-8-25-15-16-33-32-31(25)29-22-26(11-14-30(29)34-32)24-9-12-27(13-10-24)36-19-17-35(2)18-20-36/h4-16,21-22H,3,17-20H2,1-2H3,(H,33,34)/b8-7+. The second-order valence-electron chi connectivity index (χ2n) is 9.69. The number of aromatic amines is 1. The number of fused-ring (bicyclic) bond motifs is 3. The molecule has 0 aliphatic carbocycles. The lowest BCUT2D eigenvalue weighted by molar-refractivity contribution is 0.313. The number of hydrogen-bond acceptors (Lipinski definition) is 4. The number of anilines is 1. The van der Waals surface area contributed by atoms with Crippen molar-refractivity contribution in [3.8, 4) is 16.9 Å². The number of H-pyrrole nitrogens is 1. The van der Waals surface area contributed by atoms with Crippen LogP contribution < -0.4 is 9.64 Å².